The first-order valence-corrected chi connectivity index (χ1v) is 24.0. The molecule has 5 heterocycles. The lowest BCUT2D eigenvalue weighted by molar-refractivity contribution is 1.18. The third-order valence-corrected chi connectivity index (χ3v) is 16.1. The molecule has 0 saturated carbocycles. The number of rotatable bonds is 4. The molecule has 0 saturated heterocycles. The van der Waals surface area contributed by atoms with Crippen LogP contribution in [0.2, 0.25) is 0 Å². The zero-order valence-electron chi connectivity index (χ0n) is 35.2. The van der Waals surface area contributed by atoms with Crippen molar-refractivity contribution in [1.82, 2.24) is 19.1 Å². The molecular formula is C60H34N4S2. The number of benzene rings is 10. The van der Waals surface area contributed by atoms with Crippen molar-refractivity contribution in [3.8, 4) is 34.0 Å². The molecule has 5 aromatic heterocycles. The first kappa shape index (κ1) is 36.2. The Kier molecular flexibility index (Phi) is 7.50. The molecule has 0 fully saturated rings. The number of para-hydroxylation sites is 3. The van der Waals surface area contributed by atoms with E-state index < -0.39 is 0 Å². The maximum atomic E-state index is 5.55. The Bertz CT molecular complexity index is 4510. The van der Waals surface area contributed by atoms with E-state index in [1.165, 1.54) is 84.5 Å². The second-order valence-corrected chi connectivity index (χ2v) is 19.3. The van der Waals surface area contributed by atoms with E-state index in [2.05, 4.69) is 215 Å². The number of thiophene rings is 2. The molecule has 306 valence electrons. The lowest BCUT2D eigenvalue weighted by Crippen LogP contribution is -1.96. The van der Waals surface area contributed by atoms with Crippen LogP contribution < -0.4 is 0 Å². The summed E-state index contributed by atoms with van der Waals surface area (Å²) < 4.78 is 9.82. The van der Waals surface area contributed by atoms with Gasteiger partial charge in [-0.25, -0.2) is 9.97 Å². The van der Waals surface area contributed by atoms with Gasteiger partial charge >= 0.3 is 0 Å². The van der Waals surface area contributed by atoms with Gasteiger partial charge in [-0.3, -0.25) is 0 Å². The lowest BCUT2D eigenvalue weighted by Gasteiger charge is -2.12. The molecule has 0 aliphatic rings. The SMILES string of the molecule is c1ccc(-n2c3ccccc3c3cc(-c4nc(-c5ccc(-n6c7ccccc7c7c8c9ccccc9sc8c8ccccc8c76)cc5)c5sc6c7ccccc7ccc6c5n4)ccc32)cc1. The average molecular weight is 875 g/mol. The Labute approximate surface area is 385 Å². The van der Waals surface area contributed by atoms with Crippen LogP contribution in [-0.2, 0) is 0 Å². The van der Waals surface area contributed by atoms with Crippen LogP contribution in [0.5, 0.6) is 0 Å². The highest BCUT2D eigenvalue weighted by molar-refractivity contribution is 7.27. The van der Waals surface area contributed by atoms with Crippen LogP contribution in [-0.4, -0.2) is 19.1 Å². The minimum atomic E-state index is 0.716. The van der Waals surface area contributed by atoms with Crippen LogP contribution in [0.1, 0.15) is 0 Å². The van der Waals surface area contributed by atoms with Crippen molar-refractivity contribution in [3.63, 3.8) is 0 Å². The van der Waals surface area contributed by atoms with Crippen LogP contribution >= 0.6 is 22.7 Å². The predicted molar refractivity (Wildman–Crippen MR) is 282 cm³/mol. The smallest absolute Gasteiger partial charge is 0.160 e. The molecule has 0 aliphatic carbocycles. The molecule has 66 heavy (non-hydrogen) atoms. The Hall–Kier alpha value is -8.16. The maximum absolute atomic E-state index is 5.55. The molecular weight excluding hydrogens is 841 g/mol. The van der Waals surface area contributed by atoms with Gasteiger partial charge in [0.15, 0.2) is 5.82 Å². The summed E-state index contributed by atoms with van der Waals surface area (Å²) in [5.41, 5.74) is 11.0. The Morgan fingerprint density at radius 1 is 0.348 bits per heavy atom. The summed E-state index contributed by atoms with van der Waals surface area (Å²) in [5.74, 6) is 0.716. The van der Waals surface area contributed by atoms with Crippen molar-refractivity contribution >= 4 is 128 Å². The van der Waals surface area contributed by atoms with Gasteiger partial charge in [0.2, 0.25) is 0 Å². The number of hydrogen-bond donors (Lipinski definition) is 0. The van der Waals surface area contributed by atoms with Crippen LogP contribution in [0, 0.1) is 0 Å². The first-order valence-electron chi connectivity index (χ1n) is 22.3. The van der Waals surface area contributed by atoms with Gasteiger partial charge in [-0.05, 0) is 71.4 Å². The Morgan fingerprint density at radius 3 is 1.82 bits per heavy atom. The Balaban J connectivity index is 0.968. The van der Waals surface area contributed by atoms with Gasteiger partial charge in [0.05, 0.1) is 38.0 Å². The zero-order valence-corrected chi connectivity index (χ0v) is 36.9. The van der Waals surface area contributed by atoms with Gasteiger partial charge in [-0.2, -0.15) is 0 Å². The normalized spacial score (nSPS) is 12.2. The second kappa shape index (κ2) is 13.7. The summed E-state index contributed by atoms with van der Waals surface area (Å²) in [6, 6.07) is 75.0. The molecule has 6 heteroatoms. The summed E-state index contributed by atoms with van der Waals surface area (Å²) in [6.07, 6.45) is 0. The first-order chi connectivity index (χ1) is 32.7. The molecule has 0 radical (unpaired) electrons. The lowest BCUT2D eigenvalue weighted by atomic mass is 10.00. The fourth-order valence-electron chi connectivity index (χ4n) is 10.8. The second-order valence-electron chi connectivity index (χ2n) is 17.2. The summed E-state index contributed by atoms with van der Waals surface area (Å²) in [5, 5.41) is 13.8. The van der Waals surface area contributed by atoms with Crippen molar-refractivity contribution < 1.29 is 0 Å². The molecule has 0 unspecified atom stereocenters. The number of aromatic nitrogens is 4. The van der Waals surface area contributed by atoms with Crippen molar-refractivity contribution in [3.05, 3.63) is 206 Å². The largest absolute Gasteiger partial charge is 0.309 e. The molecule has 0 N–H and O–H groups in total. The van der Waals surface area contributed by atoms with E-state index in [-0.39, 0.29) is 0 Å². The Morgan fingerprint density at radius 2 is 0.985 bits per heavy atom. The number of nitrogens with zero attached hydrogens (tertiary/aromatic N) is 4. The van der Waals surface area contributed by atoms with Gasteiger partial charge in [0.25, 0.3) is 0 Å². The highest BCUT2D eigenvalue weighted by atomic mass is 32.1. The summed E-state index contributed by atoms with van der Waals surface area (Å²) in [7, 11) is 0. The third-order valence-electron chi connectivity index (χ3n) is 13.7. The molecule has 0 bridgehead atoms. The standard InChI is InChI=1S/C60H34N4S2/c1-2-15-38(16-3-1)63-48-23-11-8-18-41(48)47-34-37(29-33-50(47)63)60-61-54(59-55(62-60)46-32-28-35-14-4-5-17-40(35)57(46)66-59)36-26-30-39(31-27-36)64-49-24-12-9-21-44(49)52-53-45-22-10-13-25-51(45)65-58(53)43-20-7-6-19-42(43)56(52)64/h1-34H. The highest BCUT2D eigenvalue weighted by Crippen LogP contribution is 2.49. The van der Waals surface area contributed by atoms with Crippen molar-refractivity contribution in [1.29, 1.82) is 0 Å². The van der Waals surface area contributed by atoms with E-state index in [1.807, 2.05) is 11.3 Å². The van der Waals surface area contributed by atoms with E-state index in [0.29, 0.717) is 5.82 Å². The van der Waals surface area contributed by atoms with E-state index in [1.54, 1.807) is 11.3 Å². The topological polar surface area (TPSA) is 35.6 Å². The van der Waals surface area contributed by atoms with E-state index in [0.717, 1.165) is 49.3 Å². The van der Waals surface area contributed by atoms with Gasteiger partial charge in [-0.1, -0.05) is 146 Å². The maximum Gasteiger partial charge on any atom is 0.160 e. The molecule has 15 aromatic rings. The van der Waals surface area contributed by atoms with E-state index >= 15 is 0 Å². The van der Waals surface area contributed by atoms with Gasteiger partial charge < -0.3 is 9.13 Å². The quantitative estimate of drug-likeness (QED) is 0.177. The monoisotopic (exact) mass is 874 g/mol. The van der Waals surface area contributed by atoms with Crippen LogP contribution in [0.3, 0.4) is 0 Å². The fourth-order valence-corrected chi connectivity index (χ4v) is 13.4. The van der Waals surface area contributed by atoms with Crippen molar-refractivity contribution in [2.75, 3.05) is 0 Å². The highest BCUT2D eigenvalue weighted by Gasteiger charge is 2.23. The van der Waals surface area contributed by atoms with Gasteiger partial charge in [0, 0.05) is 85.1 Å². The third kappa shape index (κ3) is 5.02. The molecule has 0 amide bonds. The molecule has 0 spiro atoms. The number of fused-ring (bicyclic) bond motifs is 18. The molecule has 0 aliphatic heterocycles. The van der Waals surface area contributed by atoms with Crippen molar-refractivity contribution in [2.24, 2.45) is 0 Å². The van der Waals surface area contributed by atoms with Crippen LogP contribution in [0.25, 0.3) is 140 Å². The summed E-state index contributed by atoms with van der Waals surface area (Å²) in [6.45, 7) is 0. The summed E-state index contributed by atoms with van der Waals surface area (Å²) >= 11 is 3.70. The van der Waals surface area contributed by atoms with Gasteiger partial charge in [-0.15, -0.1) is 22.7 Å². The van der Waals surface area contributed by atoms with Crippen LogP contribution in [0.4, 0.5) is 0 Å². The van der Waals surface area contributed by atoms with Crippen molar-refractivity contribution in [2.45, 2.75) is 0 Å². The van der Waals surface area contributed by atoms with Crippen LogP contribution in [0.15, 0.2) is 206 Å². The van der Waals surface area contributed by atoms with Gasteiger partial charge in [0.1, 0.15) is 0 Å². The molecule has 0 atom stereocenters. The fraction of sp³-hybridized carbons (Fsp3) is 0. The van der Waals surface area contributed by atoms with E-state index in [4.69, 9.17) is 9.97 Å². The molecule has 10 aromatic carbocycles. The average Bonchev–Trinajstić information content (AvgIpc) is 4.15. The minimum Gasteiger partial charge on any atom is -0.309 e. The zero-order chi connectivity index (χ0) is 43.0. The molecule has 15 rings (SSSR count). The molecule has 4 nitrogen and oxygen atoms in total. The number of hydrogen-bond acceptors (Lipinski definition) is 4. The minimum absolute atomic E-state index is 0.716. The predicted octanol–water partition coefficient (Wildman–Crippen LogP) is 17.0. The van der Waals surface area contributed by atoms with E-state index in [9.17, 15) is 0 Å². The summed E-state index contributed by atoms with van der Waals surface area (Å²) in [4.78, 5) is 11.0.